The second-order valence-corrected chi connectivity index (χ2v) is 5.89. The number of aliphatic carboxylic acids is 1. The van der Waals surface area contributed by atoms with Gasteiger partial charge in [-0.25, -0.2) is 4.79 Å². The van der Waals surface area contributed by atoms with Crippen LogP contribution in [-0.2, 0) is 10.2 Å². The van der Waals surface area contributed by atoms with E-state index in [1.165, 1.54) is 12.1 Å². The SMILES string of the molecule is CC(C)(C)c1ccc(SC(F)(F)C(=O)O)cc1. The zero-order valence-electron chi connectivity index (χ0n) is 9.83. The molecule has 1 aromatic rings. The van der Waals surface area contributed by atoms with Crippen LogP contribution in [0.3, 0.4) is 0 Å². The highest BCUT2D eigenvalue weighted by Gasteiger charge is 2.40. The summed E-state index contributed by atoms with van der Waals surface area (Å²) in [6, 6.07) is 6.50. The molecule has 0 aliphatic heterocycles. The second kappa shape index (κ2) is 4.64. The molecule has 0 amide bonds. The lowest BCUT2D eigenvalue weighted by molar-refractivity contribution is -0.152. The number of benzene rings is 1. The van der Waals surface area contributed by atoms with Gasteiger partial charge >= 0.3 is 11.2 Å². The molecule has 0 bridgehead atoms. The van der Waals surface area contributed by atoms with Crippen LogP contribution in [0.4, 0.5) is 8.78 Å². The summed E-state index contributed by atoms with van der Waals surface area (Å²) >= 11 is 0.0404. The molecule has 0 saturated carbocycles. The van der Waals surface area contributed by atoms with Crippen LogP contribution < -0.4 is 0 Å². The van der Waals surface area contributed by atoms with Crippen LogP contribution >= 0.6 is 11.8 Å². The van der Waals surface area contributed by atoms with E-state index in [-0.39, 0.29) is 22.1 Å². The van der Waals surface area contributed by atoms with E-state index in [0.717, 1.165) is 5.56 Å². The number of hydrogen-bond donors (Lipinski definition) is 1. The van der Waals surface area contributed by atoms with Crippen molar-refractivity contribution in [1.82, 2.24) is 0 Å². The first-order valence-electron chi connectivity index (χ1n) is 5.04. The van der Waals surface area contributed by atoms with E-state index in [4.69, 9.17) is 5.11 Å². The quantitative estimate of drug-likeness (QED) is 0.841. The van der Waals surface area contributed by atoms with Crippen LogP contribution in [0.25, 0.3) is 0 Å². The molecule has 0 spiro atoms. The van der Waals surface area contributed by atoms with Crippen molar-refractivity contribution in [3.05, 3.63) is 29.8 Å². The molecule has 0 aliphatic carbocycles. The zero-order valence-corrected chi connectivity index (χ0v) is 10.6. The Kier molecular flexibility index (Phi) is 3.81. The van der Waals surface area contributed by atoms with Crippen LogP contribution in [0, 0.1) is 0 Å². The van der Waals surface area contributed by atoms with Gasteiger partial charge in [0, 0.05) is 4.90 Å². The molecule has 0 fully saturated rings. The molecule has 1 rings (SSSR count). The van der Waals surface area contributed by atoms with E-state index < -0.39 is 11.2 Å². The van der Waals surface area contributed by atoms with Crippen molar-refractivity contribution < 1.29 is 18.7 Å². The summed E-state index contributed by atoms with van der Waals surface area (Å²) in [6.07, 6.45) is 0. The summed E-state index contributed by atoms with van der Waals surface area (Å²) in [4.78, 5) is 10.5. The average Bonchev–Trinajstić information content (AvgIpc) is 2.16. The lowest BCUT2D eigenvalue weighted by Crippen LogP contribution is -2.23. The number of rotatable bonds is 3. The first-order valence-corrected chi connectivity index (χ1v) is 5.85. The minimum absolute atomic E-state index is 0.0404. The van der Waals surface area contributed by atoms with Gasteiger partial charge in [0.2, 0.25) is 0 Å². The van der Waals surface area contributed by atoms with Gasteiger partial charge in [0.15, 0.2) is 0 Å². The number of carbonyl (C=O) groups is 1. The number of carboxylic acids is 1. The predicted octanol–water partition coefficient (Wildman–Crippen LogP) is 3.75. The van der Waals surface area contributed by atoms with Gasteiger partial charge < -0.3 is 5.11 Å². The van der Waals surface area contributed by atoms with Crippen molar-refractivity contribution >= 4 is 17.7 Å². The summed E-state index contributed by atoms with van der Waals surface area (Å²) in [5.41, 5.74) is 0.957. The molecule has 0 atom stereocenters. The molecule has 0 aliphatic rings. The van der Waals surface area contributed by atoms with Gasteiger partial charge in [-0.2, -0.15) is 8.78 Å². The molecule has 1 N–H and O–H groups in total. The molecule has 94 valence electrons. The Hall–Kier alpha value is -1.10. The number of halogens is 2. The summed E-state index contributed by atoms with van der Waals surface area (Å²) in [6.45, 7) is 6.04. The lowest BCUT2D eigenvalue weighted by Gasteiger charge is -2.19. The Morgan fingerprint density at radius 2 is 1.65 bits per heavy atom. The summed E-state index contributed by atoms with van der Waals surface area (Å²) < 4.78 is 25.9. The van der Waals surface area contributed by atoms with Crippen molar-refractivity contribution in [2.45, 2.75) is 36.3 Å². The molecule has 17 heavy (non-hydrogen) atoms. The van der Waals surface area contributed by atoms with E-state index in [9.17, 15) is 13.6 Å². The van der Waals surface area contributed by atoms with Crippen LogP contribution in [0.5, 0.6) is 0 Å². The van der Waals surface area contributed by atoms with Gasteiger partial charge in [-0.1, -0.05) is 32.9 Å². The van der Waals surface area contributed by atoms with Crippen LogP contribution in [0.15, 0.2) is 29.2 Å². The van der Waals surface area contributed by atoms with E-state index in [1.807, 2.05) is 20.8 Å². The number of hydrogen-bond acceptors (Lipinski definition) is 2. The van der Waals surface area contributed by atoms with Crippen LogP contribution in [0.1, 0.15) is 26.3 Å². The molecule has 0 heterocycles. The maximum absolute atomic E-state index is 12.9. The van der Waals surface area contributed by atoms with Crippen molar-refractivity contribution in [2.24, 2.45) is 0 Å². The Bertz CT molecular complexity index is 408. The van der Waals surface area contributed by atoms with Crippen molar-refractivity contribution in [2.75, 3.05) is 0 Å². The van der Waals surface area contributed by atoms with Gasteiger partial charge in [0.1, 0.15) is 0 Å². The fourth-order valence-electron chi connectivity index (χ4n) is 1.21. The van der Waals surface area contributed by atoms with Gasteiger partial charge in [0.05, 0.1) is 0 Å². The fraction of sp³-hybridized carbons (Fsp3) is 0.417. The largest absolute Gasteiger partial charge is 0.476 e. The van der Waals surface area contributed by atoms with E-state index >= 15 is 0 Å². The molecule has 0 saturated heterocycles. The van der Waals surface area contributed by atoms with Crippen molar-refractivity contribution in [3.63, 3.8) is 0 Å². The molecule has 2 nitrogen and oxygen atoms in total. The third kappa shape index (κ3) is 3.70. The first kappa shape index (κ1) is 14.0. The summed E-state index contributed by atoms with van der Waals surface area (Å²) in [7, 11) is 0. The van der Waals surface area contributed by atoms with Crippen LogP contribution in [-0.4, -0.2) is 16.3 Å². The van der Waals surface area contributed by atoms with Crippen molar-refractivity contribution in [3.8, 4) is 0 Å². The van der Waals surface area contributed by atoms with Gasteiger partial charge in [-0.15, -0.1) is 0 Å². The number of thioether (sulfide) groups is 1. The first-order chi connectivity index (χ1) is 7.63. The Morgan fingerprint density at radius 3 is 2.00 bits per heavy atom. The van der Waals surface area contributed by atoms with Crippen molar-refractivity contribution in [1.29, 1.82) is 0 Å². The average molecular weight is 260 g/mol. The molecular formula is C12H14F2O2S. The Balaban J connectivity index is 2.86. The molecule has 0 aromatic heterocycles. The topological polar surface area (TPSA) is 37.3 Å². The number of carboxylic acid groups (broad SMARTS) is 1. The van der Waals surface area contributed by atoms with E-state index in [2.05, 4.69) is 0 Å². The predicted molar refractivity (Wildman–Crippen MR) is 63.6 cm³/mol. The zero-order chi connectivity index (χ0) is 13.3. The van der Waals surface area contributed by atoms with E-state index in [1.54, 1.807) is 12.1 Å². The summed E-state index contributed by atoms with van der Waals surface area (Å²) in [5.74, 6) is -2.12. The minimum Gasteiger partial charge on any atom is -0.476 e. The van der Waals surface area contributed by atoms with E-state index in [0.29, 0.717) is 0 Å². The highest BCUT2D eigenvalue weighted by Crippen LogP contribution is 2.36. The fourth-order valence-corrected chi connectivity index (χ4v) is 1.87. The minimum atomic E-state index is -3.79. The highest BCUT2D eigenvalue weighted by atomic mass is 32.2. The van der Waals surface area contributed by atoms with Gasteiger partial charge in [-0.05, 0) is 34.9 Å². The molecule has 0 radical (unpaired) electrons. The lowest BCUT2D eigenvalue weighted by atomic mass is 9.87. The normalized spacial score (nSPS) is 12.5. The maximum Gasteiger partial charge on any atom is 0.393 e. The third-order valence-corrected chi connectivity index (χ3v) is 3.15. The third-order valence-electron chi connectivity index (χ3n) is 2.22. The highest BCUT2D eigenvalue weighted by molar-refractivity contribution is 8.01. The Morgan fingerprint density at radius 1 is 1.18 bits per heavy atom. The standard InChI is InChI=1S/C12H14F2O2S/c1-11(2,3)8-4-6-9(7-5-8)17-12(13,14)10(15)16/h4-7H,1-3H3,(H,15,16). The smallest absolute Gasteiger partial charge is 0.393 e. The molecule has 1 aromatic carbocycles. The molecule has 0 unspecified atom stereocenters. The van der Waals surface area contributed by atoms with Gasteiger partial charge in [0.25, 0.3) is 0 Å². The molecular weight excluding hydrogens is 246 g/mol. The van der Waals surface area contributed by atoms with Crippen LogP contribution in [0.2, 0.25) is 0 Å². The monoisotopic (exact) mass is 260 g/mol. The number of alkyl halides is 2. The maximum atomic E-state index is 12.9. The Labute approximate surface area is 103 Å². The molecule has 5 heteroatoms. The second-order valence-electron chi connectivity index (χ2n) is 4.70. The summed E-state index contributed by atoms with van der Waals surface area (Å²) in [5, 5.41) is 4.53. The van der Waals surface area contributed by atoms with Gasteiger partial charge in [-0.3, -0.25) is 0 Å².